The number of hydrogen-bond acceptors (Lipinski definition) is 3. The molecule has 1 aliphatic carbocycles. The summed E-state index contributed by atoms with van der Waals surface area (Å²) in [6, 6.07) is 7.74. The van der Waals surface area contributed by atoms with E-state index in [0.29, 0.717) is 18.4 Å². The number of imidazole rings is 1. The molecule has 2 heterocycles. The smallest absolute Gasteiger partial charge is 0.107 e. The molecule has 1 saturated carbocycles. The van der Waals surface area contributed by atoms with E-state index in [4.69, 9.17) is 5.26 Å². The van der Waals surface area contributed by atoms with E-state index in [9.17, 15) is 4.39 Å². The summed E-state index contributed by atoms with van der Waals surface area (Å²) >= 11 is 0. The number of hydrogen-bond donors (Lipinski definition) is 0. The van der Waals surface area contributed by atoms with Gasteiger partial charge in [-0.1, -0.05) is 0 Å². The minimum atomic E-state index is -0.727. The van der Waals surface area contributed by atoms with Crippen LogP contribution in [0.15, 0.2) is 30.7 Å². The van der Waals surface area contributed by atoms with Gasteiger partial charge >= 0.3 is 0 Å². The number of nitriles is 1. The fourth-order valence-electron chi connectivity index (χ4n) is 3.22. The molecule has 0 N–H and O–H groups in total. The summed E-state index contributed by atoms with van der Waals surface area (Å²) in [5, 5.41) is 10.0. The Hall–Kier alpha value is -2.48. The van der Waals surface area contributed by atoms with Crippen LogP contribution in [0, 0.1) is 11.3 Å². The third-order valence-corrected chi connectivity index (χ3v) is 4.26. The predicted octanol–water partition coefficient (Wildman–Crippen LogP) is 3.52. The second-order valence-electron chi connectivity index (χ2n) is 5.55. The lowest BCUT2D eigenvalue weighted by Crippen LogP contribution is -2.04. The number of fused-ring (bicyclic) bond motifs is 3. The second kappa shape index (κ2) is 4.52. The van der Waals surface area contributed by atoms with Crippen LogP contribution in [0.25, 0.3) is 21.9 Å². The van der Waals surface area contributed by atoms with Crippen molar-refractivity contribution in [3.05, 3.63) is 36.3 Å². The van der Waals surface area contributed by atoms with Gasteiger partial charge in [-0.3, -0.25) is 4.98 Å². The van der Waals surface area contributed by atoms with Crippen LogP contribution < -0.4 is 0 Å². The number of aromatic nitrogens is 3. The topological polar surface area (TPSA) is 54.5 Å². The Balaban J connectivity index is 2.00. The maximum absolute atomic E-state index is 13.5. The van der Waals surface area contributed by atoms with Gasteiger partial charge in [-0.25, -0.2) is 9.37 Å². The van der Waals surface area contributed by atoms with Crippen molar-refractivity contribution in [3.8, 4) is 6.07 Å². The van der Waals surface area contributed by atoms with Crippen molar-refractivity contribution in [1.82, 2.24) is 14.5 Å². The van der Waals surface area contributed by atoms with E-state index >= 15 is 0 Å². The van der Waals surface area contributed by atoms with E-state index in [2.05, 4.69) is 20.6 Å². The minimum absolute atomic E-state index is 0.140. The lowest BCUT2D eigenvalue weighted by Gasteiger charge is -2.13. The van der Waals surface area contributed by atoms with E-state index in [1.807, 2.05) is 12.1 Å². The summed E-state index contributed by atoms with van der Waals surface area (Å²) in [4.78, 5) is 8.77. The number of pyridine rings is 1. The Morgan fingerprint density at radius 3 is 2.90 bits per heavy atom. The maximum Gasteiger partial charge on any atom is 0.107 e. The summed E-state index contributed by atoms with van der Waals surface area (Å²) in [5.74, 6) is 0. The van der Waals surface area contributed by atoms with Crippen LogP contribution in [0.4, 0.5) is 4.39 Å². The van der Waals surface area contributed by atoms with Crippen LogP contribution in [0.3, 0.4) is 0 Å². The van der Waals surface area contributed by atoms with Gasteiger partial charge in [-0.15, -0.1) is 0 Å². The quantitative estimate of drug-likeness (QED) is 0.685. The molecule has 2 atom stereocenters. The zero-order valence-corrected chi connectivity index (χ0v) is 11.3. The summed E-state index contributed by atoms with van der Waals surface area (Å²) in [7, 11) is 0. The Morgan fingerprint density at radius 1 is 1.24 bits per heavy atom. The molecular weight excluding hydrogens is 267 g/mol. The zero-order chi connectivity index (χ0) is 14.4. The van der Waals surface area contributed by atoms with Gasteiger partial charge in [0, 0.05) is 11.4 Å². The Bertz CT molecular complexity index is 877. The molecule has 0 saturated heterocycles. The van der Waals surface area contributed by atoms with Gasteiger partial charge < -0.3 is 4.57 Å². The van der Waals surface area contributed by atoms with Gasteiger partial charge in [-0.05, 0) is 37.5 Å². The van der Waals surface area contributed by atoms with Crippen LogP contribution in [-0.4, -0.2) is 20.7 Å². The molecule has 104 valence electrons. The molecule has 0 amide bonds. The maximum atomic E-state index is 13.5. The van der Waals surface area contributed by atoms with E-state index in [1.165, 1.54) is 0 Å². The standard InChI is InChI=1S/C16H13FN4/c17-11-2-3-12(6-11)21-9-20-15-8-19-14-4-1-10(7-18)5-13(14)16(15)21/h1,4-5,8-9,11-12H,2-3,6H2/t11-,12+/m1/s1. The first kappa shape index (κ1) is 12.3. The Labute approximate surface area is 120 Å². The SMILES string of the molecule is N#Cc1ccc2ncc3ncn([C@H]4CC[C@@H](F)C4)c3c2c1. The van der Waals surface area contributed by atoms with Gasteiger partial charge in [0.25, 0.3) is 0 Å². The molecule has 3 aromatic rings. The molecule has 0 aliphatic heterocycles. The van der Waals surface area contributed by atoms with Crippen LogP contribution in [0.2, 0.25) is 0 Å². The largest absolute Gasteiger partial charge is 0.327 e. The van der Waals surface area contributed by atoms with Crippen LogP contribution in [0.1, 0.15) is 30.9 Å². The van der Waals surface area contributed by atoms with Gasteiger partial charge in [0.15, 0.2) is 0 Å². The van der Waals surface area contributed by atoms with Gasteiger partial charge in [0.2, 0.25) is 0 Å². The number of halogens is 1. The molecule has 0 unspecified atom stereocenters. The van der Waals surface area contributed by atoms with Crippen molar-refractivity contribution in [2.75, 3.05) is 0 Å². The first-order chi connectivity index (χ1) is 10.3. The second-order valence-corrected chi connectivity index (χ2v) is 5.55. The Morgan fingerprint density at radius 2 is 2.14 bits per heavy atom. The Kier molecular flexibility index (Phi) is 2.64. The highest BCUT2D eigenvalue weighted by molar-refractivity contribution is 6.02. The third-order valence-electron chi connectivity index (χ3n) is 4.26. The fourth-order valence-corrected chi connectivity index (χ4v) is 3.22. The molecule has 0 radical (unpaired) electrons. The molecule has 0 bridgehead atoms. The van der Waals surface area contributed by atoms with E-state index in [-0.39, 0.29) is 6.04 Å². The van der Waals surface area contributed by atoms with Gasteiger partial charge in [-0.2, -0.15) is 5.26 Å². The molecule has 1 aliphatic rings. The fraction of sp³-hybridized carbons (Fsp3) is 0.312. The van der Waals surface area contributed by atoms with Crippen molar-refractivity contribution >= 4 is 21.9 Å². The molecule has 0 spiro atoms. The normalized spacial score (nSPS) is 21.9. The zero-order valence-electron chi connectivity index (χ0n) is 11.3. The molecule has 1 aromatic carbocycles. The predicted molar refractivity (Wildman–Crippen MR) is 77.5 cm³/mol. The molecule has 4 nitrogen and oxygen atoms in total. The van der Waals surface area contributed by atoms with Crippen molar-refractivity contribution in [2.45, 2.75) is 31.5 Å². The minimum Gasteiger partial charge on any atom is -0.327 e. The molecule has 4 rings (SSSR count). The van der Waals surface area contributed by atoms with Gasteiger partial charge in [0.05, 0.1) is 35.2 Å². The first-order valence-corrected chi connectivity index (χ1v) is 7.06. The van der Waals surface area contributed by atoms with Crippen LogP contribution in [-0.2, 0) is 0 Å². The highest BCUT2D eigenvalue weighted by Crippen LogP contribution is 2.35. The first-order valence-electron chi connectivity index (χ1n) is 7.06. The van der Waals surface area contributed by atoms with E-state index < -0.39 is 6.17 Å². The number of alkyl halides is 1. The molecule has 1 fully saturated rings. The highest BCUT2D eigenvalue weighted by Gasteiger charge is 2.27. The van der Waals surface area contributed by atoms with Crippen molar-refractivity contribution in [2.24, 2.45) is 0 Å². The highest BCUT2D eigenvalue weighted by atomic mass is 19.1. The average molecular weight is 280 g/mol. The van der Waals surface area contributed by atoms with Crippen molar-refractivity contribution < 1.29 is 4.39 Å². The van der Waals surface area contributed by atoms with E-state index in [0.717, 1.165) is 28.4 Å². The molecule has 2 aromatic heterocycles. The summed E-state index contributed by atoms with van der Waals surface area (Å²) in [5.41, 5.74) is 3.17. The molecule has 5 heteroatoms. The average Bonchev–Trinajstić information content (AvgIpc) is 3.12. The number of benzene rings is 1. The third kappa shape index (κ3) is 1.87. The van der Waals surface area contributed by atoms with Crippen LogP contribution >= 0.6 is 0 Å². The number of nitrogens with zero attached hydrogens (tertiary/aromatic N) is 4. The van der Waals surface area contributed by atoms with Gasteiger partial charge in [0.1, 0.15) is 11.7 Å². The lowest BCUT2D eigenvalue weighted by molar-refractivity contribution is 0.331. The van der Waals surface area contributed by atoms with Crippen molar-refractivity contribution in [1.29, 1.82) is 5.26 Å². The lowest BCUT2D eigenvalue weighted by atomic mass is 10.1. The summed E-state index contributed by atoms with van der Waals surface area (Å²) in [6.45, 7) is 0. The van der Waals surface area contributed by atoms with E-state index in [1.54, 1.807) is 18.6 Å². The number of rotatable bonds is 1. The van der Waals surface area contributed by atoms with Crippen molar-refractivity contribution in [3.63, 3.8) is 0 Å². The molecule has 21 heavy (non-hydrogen) atoms. The molecular formula is C16H13FN4. The van der Waals surface area contributed by atoms with Crippen LogP contribution in [0.5, 0.6) is 0 Å². The summed E-state index contributed by atoms with van der Waals surface area (Å²) in [6.07, 6.45) is 4.75. The summed E-state index contributed by atoms with van der Waals surface area (Å²) < 4.78 is 15.6. The monoisotopic (exact) mass is 280 g/mol.